The Bertz CT molecular complexity index is 245. The summed E-state index contributed by atoms with van der Waals surface area (Å²) < 4.78 is 15.7. The van der Waals surface area contributed by atoms with Gasteiger partial charge in [-0.2, -0.15) is 5.14 Å². The van der Waals surface area contributed by atoms with Crippen LogP contribution in [0.4, 0.5) is 0 Å². The van der Waals surface area contributed by atoms with E-state index in [0.717, 1.165) is 0 Å². The minimum Gasteiger partial charge on any atom is -0.598 e. The highest BCUT2D eigenvalue weighted by Crippen LogP contribution is 2.36. The molecule has 0 spiro atoms. The molecule has 0 saturated heterocycles. The van der Waals surface area contributed by atoms with E-state index in [2.05, 4.69) is 33.9 Å². The topological polar surface area (TPSA) is 82.2 Å². The normalized spacial score (nSPS) is 14.6. The zero-order valence-electron chi connectivity index (χ0n) is 13.1. The fourth-order valence-corrected chi connectivity index (χ4v) is 1.40. The van der Waals surface area contributed by atoms with Gasteiger partial charge in [-0.25, -0.2) is 0 Å². The van der Waals surface area contributed by atoms with E-state index in [1.165, 1.54) is 6.21 Å². The first-order valence-electron chi connectivity index (χ1n) is 6.05. The fraction of sp³-hybridized carbons (Fsp3) is 0.917. The summed E-state index contributed by atoms with van der Waals surface area (Å²) in [6.07, 6.45) is 1.32. The number of nitrogens with one attached hydrogen (secondary N) is 1. The Morgan fingerprint density at radius 3 is 1.72 bits per heavy atom. The standard InChI is InChI=1S/C8H19NOSi.C4H11NOS/c1-8(2,3)11(4,5)10-7-6-9;1-4(2,3)7(5)6/h6,9H,7H2,1-5H3;5H2,1-3H3. The zero-order chi connectivity index (χ0) is 15.2. The minimum absolute atomic E-state index is 0.250. The summed E-state index contributed by atoms with van der Waals surface area (Å²) in [5, 5.41) is 12.2. The molecule has 4 nitrogen and oxygen atoms in total. The van der Waals surface area contributed by atoms with Gasteiger partial charge in [0.05, 0.1) is 6.61 Å². The monoisotopic (exact) mass is 294 g/mol. The Morgan fingerprint density at radius 2 is 1.56 bits per heavy atom. The van der Waals surface area contributed by atoms with Gasteiger partial charge in [0.25, 0.3) is 0 Å². The van der Waals surface area contributed by atoms with Gasteiger partial charge in [0.15, 0.2) is 8.32 Å². The molecule has 0 aromatic rings. The summed E-state index contributed by atoms with van der Waals surface area (Å²) in [7, 11) is -1.58. The maximum Gasteiger partial charge on any atom is 0.192 e. The van der Waals surface area contributed by atoms with E-state index in [9.17, 15) is 4.55 Å². The summed E-state index contributed by atoms with van der Waals surface area (Å²) in [6.45, 7) is 17.0. The van der Waals surface area contributed by atoms with E-state index in [-0.39, 0.29) is 9.79 Å². The molecule has 0 aliphatic rings. The van der Waals surface area contributed by atoms with Gasteiger partial charge in [0, 0.05) is 17.6 Å². The molecular weight excluding hydrogens is 264 g/mol. The average molecular weight is 295 g/mol. The van der Waals surface area contributed by atoms with Crippen LogP contribution in [-0.2, 0) is 15.8 Å². The molecule has 6 heteroatoms. The third kappa shape index (κ3) is 9.10. The molecule has 110 valence electrons. The Morgan fingerprint density at radius 1 is 1.22 bits per heavy atom. The highest BCUT2D eigenvalue weighted by molar-refractivity contribution is 7.90. The van der Waals surface area contributed by atoms with Crippen LogP contribution in [0.5, 0.6) is 0 Å². The molecule has 0 aromatic heterocycles. The van der Waals surface area contributed by atoms with Gasteiger partial charge in [-0.15, -0.1) is 0 Å². The van der Waals surface area contributed by atoms with Crippen molar-refractivity contribution in [3.63, 3.8) is 0 Å². The molecule has 0 rings (SSSR count). The first-order chi connectivity index (χ1) is 7.75. The maximum atomic E-state index is 10.4. The summed E-state index contributed by atoms with van der Waals surface area (Å²) in [5.74, 6) is 0. The smallest absolute Gasteiger partial charge is 0.192 e. The van der Waals surface area contributed by atoms with Gasteiger partial charge in [0.2, 0.25) is 0 Å². The van der Waals surface area contributed by atoms with Crippen LogP contribution in [0.15, 0.2) is 0 Å². The second-order valence-corrected chi connectivity index (χ2v) is 13.3. The Kier molecular flexibility index (Phi) is 8.68. The largest absolute Gasteiger partial charge is 0.598 e. The van der Waals surface area contributed by atoms with E-state index in [1.807, 2.05) is 20.8 Å². The first kappa shape index (κ1) is 20.4. The van der Waals surface area contributed by atoms with Crippen LogP contribution in [0.1, 0.15) is 41.5 Å². The van der Waals surface area contributed by atoms with Crippen molar-refractivity contribution in [2.45, 2.75) is 64.4 Å². The molecule has 1 atom stereocenters. The van der Waals surface area contributed by atoms with Gasteiger partial charge >= 0.3 is 0 Å². The Hall–Kier alpha value is 0.117. The fourth-order valence-electron chi connectivity index (χ4n) is 0.467. The van der Waals surface area contributed by atoms with Crippen LogP contribution in [-0.4, -0.2) is 30.4 Å². The van der Waals surface area contributed by atoms with E-state index in [0.29, 0.717) is 6.61 Å². The number of hydrogen-bond donors (Lipinski definition) is 2. The highest BCUT2D eigenvalue weighted by atomic mass is 32.2. The molecule has 0 fully saturated rings. The minimum atomic E-state index is -1.58. The molecule has 0 radical (unpaired) electrons. The third-order valence-electron chi connectivity index (χ3n) is 2.94. The van der Waals surface area contributed by atoms with E-state index in [1.54, 1.807) is 0 Å². The van der Waals surface area contributed by atoms with Crippen molar-refractivity contribution < 1.29 is 8.98 Å². The predicted molar refractivity (Wildman–Crippen MR) is 84.0 cm³/mol. The molecule has 3 N–H and O–H groups in total. The van der Waals surface area contributed by atoms with Crippen LogP contribution < -0.4 is 5.14 Å². The van der Waals surface area contributed by atoms with Crippen LogP contribution in [0.3, 0.4) is 0 Å². The van der Waals surface area contributed by atoms with Gasteiger partial charge in [0.1, 0.15) is 4.75 Å². The van der Waals surface area contributed by atoms with Crippen molar-refractivity contribution in [2.24, 2.45) is 5.14 Å². The van der Waals surface area contributed by atoms with E-state index >= 15 is 0 Å². The van der Waals surface area contributed by atoms with Crippen molar-refractivity contribution in [2.75, 3.05) is 6.61 Å². The number of hydrogen-bond acceptors (Lipinski definition) is 4. The maximum absolute atomic E-state index is 10.4. The summed E-state index contributed by atoms with van der Waals surface area (Å²) in [6, 6.07) is 0. The molecule has 1 unspecified atom stereocenters. The molecule has 0 amide bonds. The second kappa shape index (κ2) is 7.64. The van der Waals surface area contributed by atoms with Crippen molar-refractivity contribution in [3.05, 3.63) is 0 Å². The molecular formula is C12H30N2O2SSi. The molecule has 0 saturated carbocycles. The zero-order valence-corrected chi connectivity index (χ0v) is 14.9. The van der Waals surface area contributed by atoms with Crippen molar-refractivity contribution in [1.82, 2.24) is 0 Å². The van der Waals surface area contributed by atoms with Crippen LogP contribution in [0.25, 0.3) is 0 Å². The van der Waals surface area contributed by atoms with Crippen molar-refractivity contribution >= 4 is 25.9 Å². The third-order valence-corrected chi connectivity index (χ3v) is 8.65. The van der Waals surface area contributed by atoms with Crippen LogP contribution >= 0.6 is 0 Å². The van der Waals surface area contributed by atoms with Crippen molar-refractivity contribution in [3.8, 4) is 0 Å². The molecule has 18 heavy (non-hydrogen) atoms. The van der Waals surface area contributed by atoms with Crippen LogP contribution in [0, 0.1) is 5.41 Å². The predicted octanol–water partition coefficient (Wildman–Crippen LogP) is 3.07. The lowest BCUT2D eigenvalue weighted by atomic mass is 10.2. The molecule has 0 aliphatic heterocycles. The average Bonchev–Trinajstić information content (AvgIpc) is 2.12. The quantitative estimate of drug-likeness (QED) is 0.477. The Balaban J connectivity index is 0. The highest BCUT2D eigenvalue weighted by Gasteiger charge is 2.36. The van der Waals surface area contributed by atoms with E-state index in [4.69, 9.17) is 15.0 Å². The lowest BCUT2D eigenvalue weighted by Crippen LogP contribution is -2.41. The van der Waals surface area contributed by atoms with Gasteiger partial charge in [-0.3, -0.25) is 0 Å². The Labute approximate surface area is 117 Å². The SMILES string of the molecule is CC(C)(C)[S+](N)[O-].CC(C)(C)[Si](C)(C)OCC=N. The lowest BCUT2D eigenvalue weighted by molar-refractivity contribution is 0.343. The van der Waals surface area contributed by atoms with Gasteiger partial charge in [-0.1, -0.05) is 20.8 Å². The lowest BCUT2D eigenvalue weighted by Gasteiger charge is -2.35. The second-order valence-electron chi connectivity index (χ2n) is 6.69. The number of nitrogens with two attached hydrogens (primary N) is 1. The molecule has 0 bridgehead atoms. The summed E-state index contributed by atoms with van der Waals surface area (Å²) >= 11 is -1.18. The van der Waals surface area contributed by atoms with Crippen LogP contribution in [0.2, 0.25) is 18.1 Å². The van der Waals surface area contributed by atoms with Crippen molar-refractivity contribution in [1.29, 1.82) is 5.41 Å². The molecule has 0 aromatic carbocycles. The number of rotatable bonds is 3. The molecule has 0 aliphatic carbocycles. The van der Waals surface area contributed by atoms with E-state index < -0.39 is 19.7 Å². The summed E-state index contributed by atoms with van der Waals surface area (Å²) in [4.78, 5) is 0. The van der Waals surface area contributed by atoms with Gasteiger partial charge in [-0.05, 0) is 38.9 Å². The molecule has 0 heterocycles. The van der Waals surface area contributed by atoms with Gasteiger partial charge < -0.3 is 14.4 Å². The first-order valence-corrected chi connectivity index (χ1v) is 10.2. The summed E-state index contributed by atoms with van der Waals surface area (Å²) in [5.41, 5.74) is 0.